The fourth-order valence-electron chi connectivity index (χ4n) is 1.72. The van der Waals surface area contributed by atoms with Crippen LogP contribution in [0.15, 0.2) is 36.4 Å². The summed E-state index contributed by atoms with van der Waals surface area (Å²) < 4.78 is 0. The number of hydrogen-bond donors (Lipinski definition) is 0. The molecular formula is C12H13Br. The molecule has 68 valence electrons. The second kappa shape index (κ2) is 4.10. The van der Waals surface area contributed by atoms with Crippen LogP contribution in [0, 0.1) is 0 Å². The normalized spacial score (nSPS) is 22.5. The van der Waals surface area contributed by atoms with Crippen LogP contribution in [0.5, 0.6) is 0 Å². The molecule has 0 N–H and O–H groups in total. The summed E-state index contributed by atoms with van der Waals surface area (Å²) in [6, 6.07) is 10.7. The Morgan fingerprint density at radius 3 is 2.54 bits per heavy atom. The van der Waals surface area contributed by atoms with Crippen molar-refractivity contribution in [1.82, 2.24) is 0 Å². The van der Waals surface area contributed by atoms with Gasteiger partial charge < -0.3 is 0 Å². The minimum atomic E-state index is 0.694. The van der Waals surface area contributed by atoms with E-state index in [1.54, 1.807) is 0 Å². The smallest absolute Gasteiger partial charge is 0.0183 e. The van der Waals surface area contributed by atoms with Crippen molar-refractivity contribution in [1.29, 1.82) is 0 Å². The third-order valence-electron chi connectivity index (χ3n) is 2.49. The van der Waals surface area contributed by atoms with Crippen molar-refractivity contribution in [2.45, 2.75) is 24.1 Å². The van der Waals surface area contributed by atoms with E-state index in [2.05, 4.69) is 52.3 Å². The molecule has 1 aliphatic carbocycles. The molecule has 1 atom stereocenters. The highest BCUT2D eigenvalue weighted by atomic mass is 79.9. The van der Waals surface area contributed by atoms with Crippen LogP contribution in [0.1, 0.15) is 24.8 Å². The largest absolute Gasteiger partial charge is 0.0887 e. The van der Waals surface area contributed by atoms with Crippen molar-refractivity contribution in [2.75, 3.05) is 0 Å². The number of rotatable bonds is 1. The maximum Gasteiger partial charge on any atom is 0.0183 e. The molecule has 0 fully saturated rings. The monoisotopic (exact) mass is 236 g/mol. The molecule has 0 aromatic heterocycles. The lowest BCUT2D eigenvalue weighted by molar-refractivity contribution is 0.772. The molecular weight excluding hydrogens is 224 g/mol. The molecule has 0 spiro atoms. The summed E-state index contributed by atoms with van der Waals surface area (Å²) in [4.78, 5) is 0.694. The Morgan fingerprint density at radius 1 is 1.15 bits per heavy atom. The van der Waals surface area contributed by atoms with Crippen molar-refractivity contribution in [3.8, 4) is 0 Å². The van der Waals surface area contributed by atoms with E-state index >= 15 is 0 Å². The van der Waals surface area contributed by atoms with Gasteiger partial charge in [0.15, 0.2) is 0 Å². The zero-order chi connectivity index (χ0) is 9.10. The molecule has 1 unspecified atom stereocenters. The van der Waals surface area contributed by atoms with Crippen LogP contribution < -0.4 is 0 Å². The highest BCUT2D eigenvalue weighted by molar-refractivity contribution is 9.09. The van der Waals surface area contributed by atoms with Crippen LogP contribution in [0.3, 0.4) is 0 Å². The predicted octanol–water partition coefficient (Wildman–Crippen LogP) is 4.02. The van der Waals surface area contributed by atoms with Gasteiger partial charge in [0.05, 0.1) is 0 Å². The van der Waals surface area contributed by atoms with Gasteiger partial charge in [-0.2, -0.15) is 0 Å². The summed E-state index contributed by atoms with van der Waals surface area (Å²) in [5, 5.41) is 0. The molecule has 0 bridgehead atoms. The summed E-state index contributed by atoms with van der Waals surface area (Å²) in [5.74, 6) is 0. The SMILES string of the molecule is BrC1CC=C(c2ccccc2)CC1. The van der Waals surface area contributed by atoms with E-state index in [-0.39, 0.29) is 0 Å². The Labute approximate surface area is 87.8 Å². The Balaban J connectivity index is 2.19. The van der Waals surface area contributed by atoms with E-state index in [0.29, 0.717) is 4.83 Å². The second-order valence-corrected chi connectivity index (χ2v) is 4.76. The fourth-order valence-corrected chi connectivity index (χ4v) is 2.13. The number of halogens is 1. The summed E-state index contributed by atoms with van der Waals surface area (Å²) in [7, 11) is 0. The highest BCUT2D eigenvalue weighted by Gasteiger charge is 2.11. The summed E-state index contributed by atoms with van der Waals surface area (Å²) in [6.07, 6.45) is 6.00. The third kappa shape index (κ3) is 2.22. The molecule has 1 aromatic carbocycles. The van der Waals surface area contributed by atoms with Gasteiger partial charge in [-0.1, -0.05) is 52.3 Å². The Hall–Kier alpha value is -0.560. The lowest BCUT2D eigenvalue weighted by Crippen LogP contribution is -2.02. The number of alkyl halides is 1. The number of hydrogen-bond acceptors (Lipinski definition) is 0. The first-order valence-electron chi connectivity index (χ1n) is 4.75. The van der Waals surface area contributed by atoms with Crippen molar-refractivity contribution in [2.24, 2.45) is 0 Å². The zero-order valence-corrected chi connectivity index (χ0v) is 9.13. The maximum atomic E-state index is 3.64. The molecule has 2 rings (SSSR count). The van der Waals surface area contributed by atoms with Crippen molar-refractivity contribution in [3.63, 3.8) is 0 Å². The Morgan fingerprint density at radius 2 is 1.92 bits per heavy atom. The molecule has 0 saturated carbocycles. The second-order valence-electron chi connectivity index (χ2n) is 3.47. The van der Waals surface area contributed by atoms with Crippen LogP contribution in [0.25, 0.3) is 5.57 Å². The molecule has 0 amide bonds. The average molecular weight is 237 g/mol. The molecule has 1 aromatic rings. The van der Waals surface area contributed by atoms with Crippen LogP contribution in [-0.2, 0) is 0 Å². The van der Waals surface area contributed by atoms with E-state index in [4.69, 9.17) is 0 Å². The molecule has 13 heavy (non-hydrogen) atoms. The average Bonchev–Trinajstić information content (AvgIpc) is 2.20. The van der Waals surface area contributed by atoms with Crippen LogP contribution in [-0.4, -0.2) is 4.83 Å². The maximum absolute atomic E-state index is 3.64. The van der Waals surface area contributed by atoms with E-state index < -0.39 is 0 Å². The standard InChI is InChI=1S/C12H13Br/c13-12-8-6-11(7-9-12)10-4-2-1-3-5-10/h1-6,12H,7-9H2. The minimum absolute atomic E-state index is 0.694. The van der Waals surface area contributed by atoms with E-state index in [9.17, 15) is 0 Å². The lowest BCUT2D eigenvalue weighted by Gasteiger charge is -2.17. The van der Waals surface area contributed by atoms with Gasteiger partial charge in [0.1, 0.15) is 0 Å². The lowest BCUT2D eigenvalue weighted by atomic mass is 9.94. The summed E-state index contributed by atoms with van der Waals surface area (Å²) in [5.41, 5.74) is 2.90. The molecule has 0 nitrogen and oxygen atoms in total. The van der Waals surface area contributed by atoms with Crippen LogP contribution >= 0.6 is 15.9 Å². The van der Waals surface area contributed by atoms with Crippen molar-refractivity contribution >= 4 is 21.5 Å². The number of benzene rings is 1. The molecule has 1 aliphatic rings. The minimum Gasteiger partial charge on any atom is -0.0887 e. The van der Waals surface area contributed by atoms with Gasteiger partial charge in [-0.25, -0.2) is 0 Å². The first-order valence-corrected chi connectivity index (χ1v) is 5.66. The molecule has 0 saturated heterocycles. The number of allylic oxidation sites excluding steroid dienone is 2. The van der Waals surface area contributed by atoms with E-state index in [1.807, 2.05) is 0 Å². The topological polar surface area (TPSA) is 0 Å². The molecule has 1 heteroatoms. The first kappa shape index (κ1) is 9.01. The highest BCUT2D eigenvalue weighted by Crippen LogP contribution is 2.29. The summed E-state index contributed by atoms with van der Waals surface area (Å²) >= 11 is 3.64. The quantitative estimate of drug-likeness (QED) is 0.647. The fraction of sp³-hybridized carbons (Fsp3) is 0.333. The van der Waals surface area contributed by atoms with Gasteiger partial charge in [-0.15, -0.1) is 0 Å². The van der Waals surface area contributed by atoms with Crippen LogP contribution in [0.4, 0.5) is 0 Å². The zero-order valence-electron chi connectivity index (χ0n) is 7.54. The van der Waals surface area contributed by atoms with Gasteiger partial charge in [-0.05, 0) is 30.4 Å². The van der Waals surface area contributed by atoms with Crippen molar-refractivity contribution < 1.29 is 0 Å². The van der Waals surface area contributed by atoms with Crippen LogP contribution in [0.2, 0.25) is 0 Å². The van der Waals surface area contributed by atoms with Crippen molar-refractivity contribution in [3.05, 3.63) is 42.0 Å². The van der Waals surface area contributed by atoms with Gasteiger partial charge in [-0.3, -0.25) is 0 Å². The Bertz CT molecular complexity index is 300. The predicted molar refractivity (Wildman–Crippen MR) is 61.0 cm³/mol. The van der Waals surface area contributed by atoms with E-state index in [1.165, 1.54) is 30.4 Å². The van der Waals surface area contributed by atoms with Gasteiger partial charge in [0.2, 0.25) is 0 Å². The van der Waals surface area contributed by atoms with Gasteiger partial charge >= 0.3 is 0 Å². The summed E-state index contributed by atoms with van der Waals surface area (Å²) in [6.45, 7) is 0. The third-order valence-corrected chi connectivity index (χ3v) is 3.32. The van der Waals surface area contributed by atoms with Gasteiger partial charge in [0, 0.05) is 4.83 Å². The molecule has 0 aliphatic heterocycles. The first-order chi connectivity index (χ1) is 6.36. The van der Waals surface area contributed by atoms with Gasteiger partial charge in [0.25, 0.3) is 0 Å². The Kier molecular flexibility index (Phi) is 2.84. The van der Waals surface area contributed by atoms with E-state index in [0.717, 1.165) is 0 Å². The molecule has 0 radical (unpaired) electrons. The molecule has 0 heterocycles.